The van der Waals surface area contributed by atoms with Crippen LogP contribution in [0.15, 0.2) is 29.3 Å². The molecule has 4 nitrogen and oxygen atoms in total. The van der Waals surface area contributed by atoms with Crippen molar-refractivity contribution >= 4 is 50.8 Å². The van der Waals surface area contributed by atoms with Gasteiger partial charge in [0, 0.05) is 34.9 Å². The molecule has 1 aromatic rings. The number of halogens is 1. The number of para-hydroxylation sites is 1. The summed E-state index contributed by atoms with van der Waals surface area (Å²) in [6, 6.07) is 7.77. The largest absolute Gasteiger partial charge is 0.609 e. The van der Waals surface area contributed by atoms with Gasteiger partial charge in [0.2, 0.25) is 0 Å². The highest BCUT2D eigenvalue weighted by Gasteiger charge is 2.36. The number of benzene rings is 1. The van der Waals surface area contributed by atoms with Gasteiger partial charge in [-0.1, -0.05) is 30.4 Å². The molecular weight excluding hydrogens is 326 g/mol. The van der Waals surface area contributed by atoms with Gasteiger partial charge >= 0.3 is 5.17 Å². The van der Waals surface area contributed by atoms with Crippen molar-refractivity contribution in [3.05, 3.63) is 29.8 Å². The molecule has 1 atom stereocenters. The summed E-state index contributed by atoms with van der Waals surface area (Å²) in [5.41, 5.74) is 1.52. The van der Waals surface area contributed by atoms with E-state index in [9.17, 15) is 4.55 Å². The van der Waals surface area contributed by atoms with E-state index in [1.54, 1.807) is 0 Å². The summed E-state index contributed by atoms with van der Waals surface area (Å²) in [6.45, 7) is 4.53. The Balaban J connectivity index is 2.08. The number of aliphatic imine (C=N–C) groups is 1. The second kappa shape index (κ2) is 6.96. The Morgan fingerprint density at radius 1 is 1.43 bits per heavy atom. The third-order valence-corrected chi connectivity index (χ3v) is 5.08. The molecule has 2 N–H and O–H groups in total. The van der Waals surface area contributed by atoms with E-state index in [4.69, 9.17) is 23.8 Å². The molecule has 0 radical (unpaired) electrons. The zero-order valence-corrected chi connectivity index (χ0v) is 14.4. The van der Waals surface area contributed by atoms with Gasteiger partial charge in [0.15, 0.2) is 0 Å². The first-order valence-electron chi connectivity index (χ1n) is 6.61. The predicted molar refractivity (Wildman–Crippen MR) is 94.7 cm³/mol. The van der Waals surface area contributed by atoms with Gasteiger partial charge in [-0.15, -0.1) is 11.6 Å². The summed E-state index contributed by atoms with van der Waals surface area (Å²) in [5, 5.41) is 6.82. The first-order valence-corrected chi connectivity index (χ1v) is 8.87. The van der Waals surface area contributed by atoms with Crippen LogP contribution < -0.4 is 10.6 Å². The number of hydrogen-bond acceptors (Lipinski definition) is 4. The van der Waals surface area contributed by atoms with Crippen molar-refractivity contribution in [1.82, 2.24) is 5.32 Å². The molecule has 0 fully saturated rings. The molecule has 7 heteroatoms. The molecule has 0 aromatic heterocycles. The Hall–Kier alpha value is -0.820. The maximum Gasteiger partial charge on any atom is 0.318 e. The normalized spacial score (nSPS) is 18.1. The molecule has 21 heavy (non-hydrogen) atoms. The van der Waals surface area contributed by atoms with Crippen LogP contribution in [0.25, 0.3) is 0 Å². The number of nitrogens with one attached hydrogen (secondary N) is 2. The van der Waals surface area contributed by atoms with Gasteiger partial charge in [-0.3, -0.25) is 0 Å². The average molecular weight is 344 g/mol. The number of hydrogen-bond donors (Lipinski definition) is 2. The Labute approximate surface area is 138 Å². The first kappa shape index (κ1) is 16.5. The summed E-state index contributed by atoms with van der Waals surface area (Å²) in [7, 11) is 0. The topological polar surface area (TPSA) is 59.5 Å². The monoisotopic (exact) mass is 343 g/mol. The van der Waals surface area contributed by atoms with Crippen molar-refractivity contribution in [2.24, 2.45) is 4.99 Å². The zero-order valence-electron chi connectivity index (χ0n) is 12.0. The molecule has 1 aliphatic heterocycles. The quantitative estimate of drug-likeness (QED) is 0.490. The van der Waals surface area contributed by atoms with E-state index in [0.29, 0.717) is 28.3 Å². The van der Waals surface area contributed by atoms with Crippen LogP contribution in [0.4, 0.5) is 5.69 Å². The van der Waals surface area contributed by atoms with Crippen LogP contribution >= 0.6 is 23.8 Å². The Morgan fingerprint density at radius 2 is 2.14 bits per heavy atom. The molecule has 114 valence electrons. The lowest BCUT2D eigenvalue weighted by Crippen LogP contribution is -2.44. The standard InChI is InChI=1S/C14H18ClN3OS2/c1-14(2)12(20)17-13(18-14)21(19)9-10-5-3-4-6-11(10)16-8-7-15/h3-6,16H,7-9H2,1-2H3,(H,17,18,20). The summed E-state index contributed by atoms with van der Waals surface area (Å²) in [6.07, 6.45) is 0. The number of rotatable bonds is 5. The smallest absolute Gasteiger partial charge is 0.318 e. The minimum Gasteiger partial charge on any atom is -0.609 e. The lowest BCUT2D eigenvalue weighted by Gasteiger charge is -2.19. The highest BCUT2D eigenvalue weighted by molar-refractivity contribution is 8.05. The van der Waals surface area contributed by atoms with E-state index in [0.717, 1.165) is 11.3 Å². The molecule has 0 spiro atoms. The van der Waals surface area contributed by atoms with E-state index in [-0.39, 0.29) is 0 Å². The summed E-state index contributed by atoms with van der Waals surface area (Å²) in [5.74, 6) is 0.907. The highest BCUT2D eigenvalue weighted by Crippen LogP contribution is 2.21. The van der Waals surface area contributed by atoms with Gasteiger partial charge in [-0.05, 0) is 19.9 Å². The van der Waals surface area contributed by atoms with Crippen LogP contribution in [0.3, 0.4) is 0 Å². The molecule has 0 saturated heterocycles. The van der Waals surface area contributed by atoms with Crippen LogP contribution in [-0.4, -0.2) is 32.7 Å². The van der Waals surface area contributed by atoms with Crippen molar-refractivity contribution in [2.75, 3.05) is 17.7 Å². The molecule has 1 aliphatic rings. The molecular formula is C14H18ClN3OS2. The molecule has 0 saturated carbocycles. The molecule has 2 rings (SSSR count). The van der Waals surface area contributed by atoms with Gasteiger partial charge in [0.05, 0.1) is 5.54 Å². The van der Waals surface area contributed by atoms with E-state index >= 15 is 0 Å². The number of anilines is 1. The van der Waals surface area contributed by atoms with Crippen LogP contribution in [0.2, 0.25) is 0 Å². The van der Waals surface area contributed by atoms with Crippen LogP contribution in [0, 0.1) is 0 Å². The molecule has 0 aliphatic carbocycles. The number of amidine groups is 1. The van der Waals surface area contributed by atoms with Gasteiger partial charge in [0.1, 0.15) is 10.7 Å². The molecule has 1 unspecified atom stereocenters. The Kier molecular flexibility index (Phi) is 5.48. The molecule has 0 amide bonds. The minimum absolute atomic E-state index is 0.385. The van der Waals surface area contributed by atoms with Crippen molar-refractivity contribution < 1.29 is 4.55 Å². The maximum absolute atomic E-state index is 12.5. The van der Waals surface area contributed by atoms with Crippen LogP contribution in [0.5, 0.6) is 0 Å². The Bertz CT molecular complexity index is 563. The van der Waals surface area contributed by atoms with Crippen LogP contribution in [0.1, 0.15) is 19.4 Å². The molecule has 1 aromatic carbocycles. The van der Waals surface area contributed by atoms with Crippen molar-refractivity contribution in [2.45, 2.75) is 25.1 Å². The van der Waals surface area contributed by atoms with Crippen molar-refractivity contribution in [3.8, 4) is 0 Å². The van der Waals surface area contributed by atoms with E-state index < -0.39 is 16.7 Å². The second-order valence-electron chi connectivity index (χ2n) is 5.23. The lowest BCUT2D eigenvalue weighted by atomic mass is 10.1. The van der Waals surface area contributed by atoms with Crippen molar-refractivity contribution in [3.63, 3.8) is 0 Å². The summed E-state index contributed by atoms with van der Waals surface area (Å²) in [4.78, 5) is 4.77. The van der Waals surface area contributed by atoms with Gasteiger partial charge in [-0.25, -0.2) is 0 Å². The van der Waals surface area contributed by atoms with Gasteiger partial charge < -0.3 is 15.2 Å². The second-order valence-corrected chi connectivity index (χ2v) is 7.37. The predicted octanol–water partition coefficient (Wildman–Crippen LogP) is 2.65. The number of nitrogens with zero attached hydrogens (tertiary/aromatic N) is 1. The fourth-order valence-electron chi connectivity index (χ4n) is 1.90. The van der Waals surface area contributed by atoms with Gasteiger partial charge in [0.25, 0.3) is 0 Å². The minimum atomic E-state index is -1.25. The third-order valence-electron chi connectivity index (χ3n) is 3.09. The highest BCUT2D eigenvalue weighted by atomic mass is 35.5. The average Bonchev–Trinajstić information content (AvgIpc) is 2.72. The van der Waals surface area contributed by atoms with Gasteiger partial charge in [-0.2, -0.15) is 4.99 Å². The molecule has 0 bridgehead atoms. The lowest BCUT2D eigenvalue weighted by molar-refractivity contribution is 0.598. The first-order chi connectivity index (χ1) is 9.94. The van der Waals surface area contributed by atoms with E-state index in [1.807, 2.05) is 38.1 Å². The third kappa shape index (κ3) is 4.10. The number of thiocarbonyl (C=S) groups is 1. The van der Waals surface area contributed by atoms with E-state index in [1.165, 1.54) is 0 Å². The zero-order chi connectivity index (χ0) is 15.5. The summed E-state index contributed by atoms with van der Waals surface area (Å²) < 4.78 is 12.5. The fraction of sp³-hybridized carbons (Fsp3) is 0.429. The SMILES string of the molecule is CC1(C)NC([S+]([O-])Cc2ccccc2NCCCl)=NC1=S. The maximum atomic E-state index is 12.5. The summed E-state index contributed by atoms with van der Waals surface area (Å²) >= 11 is 9.63. The van der Waals surface area contributed by atoms with E-state index in [2.05, 4.69) is 15.6 Å². The number of alkyl halides is 1. The molecule has 1 heterocycles. The van der Waals surface area contributed by atoms with Crippen LogP contribution in [-0.2, 0) is 16.9 Å². The van der Waals surface area contributed by atoms with Crippen molar-refractivity contribution in [1.29, 1.82) is 0 Å². The Morgan fingerprint density at radius 3 is 2.76 bits per heavy atom. The fourth-order valence-corrected chi connectivity index (χ4v) is 3.43.